The molecule has 20 heavy (non-hydrogen) atoms. The summed E-state index contributed by atoms with van der Waals surface area (Å²) >= 11 is 0. The molecule has 1 amide bonds. The number of nitrogens with one attached hydrogen (secondary N) is 1. The molecule has 0 aliphatic rings. The Morgan fingerprint density at radius 2 is 2.05 bits per heavy atom. The number of unbranched alkanes of at least 4 members (excludes halogenated alkanes) is 2. The summed E-state index contributed by atoms with van der Waals surface area (Å²) in [6.45, 7) is 2.06. The summed E-state index contributed by atoms with van der Waals surface area (Å²) < 4.78 is 27.6. The number of rotatable bonds is 7. The Hall–Kier alpha value is -1.27. The highest BCUT2D eigenvalue weighted by Crippen LogP contribution is 2.29. The molecule has 0 atom stereocenters. The summed E-state index contributed by atoms with van der Waals surface area (Å²) in [6.07, 6.45) is 3.31. The fourth-order valence-electron chi connectivity index (χ4n) is 1.71. The number of benzene rings is 1. The standard InChI is InChI=1S/C13H18ClNO4S/c1-3-4-5-6-13(16)15-10-7-8-12(20(14,17)18)11(9-10)19-2/h7-9H,3-6H2,1-2H3,(H,15,16). The first-order valence-corrected chi connectivity index (χ1v) is 8.62. The van der Waals surface area contributed by atoms with Crippen molar-refractivity contribution in [3.63, 3.8) is 0 Å². The first-order chi connectivity index (χ1) is 9.38. The maximum absolute atomic E-state index is 11.7. The lowest BCUT2D eigenvalue weighted by Crippen LogP contribution is -2.11. The number of ether oxygens (including phenoxy) is 1. The predicted octanol–water partition coefficient (Wildman–Crippen LogP) is 3.14. The summed E-state index contributed by atoms with van der Waals surface area (Å²) in [6, 6.07) is 4.23. The molecule has 0 fully saturated rings. The van der Waals surface area contributed by atoms with Gasteiger partial charge in [0, 0.05) is 28.9 Å². The molecule has 1 rings (SSSR count). The van der Waals surface area contributed by atoms with Crippen LogP contribution < -0.4 is 10.1 Å². The average molecular weight is 320 g/mol. The fraction of sp³-hybridized carbons (Fsp3) is 0.462. The molecular weight excluding hydrogens is 302 g/mol. The highest BCUT2D eigenvalue weighted by molar-refractivity contribution is 8.13. The van der Waals surface area contributed by atoms with Gasteiger partial charge in [-0.25, -0.2) is 8.42 Å². The molecule has 0 saturated carbocycles. The third-order valence-electron chi connectivity index (χ3n) is 2.72. The molecule has 0 aliphatic carbocycles. The van der Waals surface area contributed by atoms with Gasteiger partial charge >= 0.3 is 0 Å². The second kappa shape index (κ2) is 7.50. The van der Waals surface area contributed by atoms with Gasteiger partial charge in [-0.15, -0.1) is 0 Å². The van der Waals surface area contributed by atoms with E-state index in [9.17, 15) is 13.2 Å². The van der Waals surface area contributed by atoms with E-state index in [2.05, 4.69) is 12.2 Å². The maximum atomic E-state index is 11.7. The van der Waals surface area contributed by atoms with Crippen molar-refractivity contribution in [1.29, 1.82) is 0 Å². The second-order valence-electron chi connectivity index (χ2n) is 4.31. The van der Waals surface area contributed by atoms with Crippen LogP contribution in [0.2, 0.25) is 0 Å². The maximum Gasteiger partial charge on any atom is 0.264 e. The molecule has 1 aromatic rings. The Kier molecular flexibility index (Phi) is 6.29. The quantitative estimate of drug-likeness (QED) is 0.619. The molecule has 0 aromatic heterocycles. The monoisotopic (exact) mass is 319 g/mol. The van der Waals surface area contributed by atoms with Crippen LogP contribution in [0.1, 0.15) is 32.6 Å². The van der Waals surface area contributed by atoms with E-state index < -0.39 is 9.05 Å². The molecule has 0 saturated heterocycles. The molecule has 0 unspecified atom stereocenters. The van der Waals surface area contributed by atoms with Gasteiger partial charge in [0.1, 0.15) is 10.6 Å². The van der Waals surface area contributed by atoms with Crippen molar-refractivity contribution in [2.24, 2.45) is 0 Å². The molecule has 0 aliphatic heterocycles. The smallest absolute Gasteiger partial charge is 0.264 e. The summed E-state index contributed by atoms with van der Waals surface area (Å²) in [7, 11) is 2.76. The van der Waals surface area contributed by atoms with Crippen LogP contribution in [-0.2, 0) is 13.8 Å². The minimum atomic E-state index is -3.87. The van der Waals surface area contributed by atoms with Crippen LogP contribution in [0.4, 0.5) is 5.69 Å². The number of carbonyl (C=O) groups is 1. The number of carbonyl (C=O) groups excluding carboxylic acids is 1. The molecule has 0 radical (unpaired) electrons. The minimum Gasteiger partial charge on any atom is -0.495 e. The largest absolute Gasteiger partial charge is 0.495 e. The Morgan fingerprint density at radius 3 is 2.60 bits per heavy atom. The lowest BCUT2D eigenvalue weighted by molar-refractivity contribution is -0.116. The van der Waals surface area contributed by atoms with E-state index in [1.807, 2.05) is 0 Å². The van der Waals surface area contributed by atoms with Crippen molar-refractivity contribution in [3.05, 3.63) is 18.2 Å². The SMILES string of the molecule is CCCCCC(=O)Nc1ccc(S(=O)(=O)Cl)c(OC)c1. The third kappa shape index (κ3) is 5.02. The molecule has 5 nitrogen and oxygen atoms in total. The zero-order valence-electron chi connectivity index (χ0n) is 11.5. The highest BCUT2D eigenvalue weighted by Gasteiger charge is 2.17. The van der Waals surface area contributed by atoms with E-state index >= 15 is 0 Å². The van der Waals surface area contributed by atoms with Gasteiger partial charge in [-0.1, -0.05) is 19.8 Å². The van der Waals surface area contributed by atoms with Crippen LogP contribution in [0.15, 0.2) is 23.1 Å². The van der Waals surface area contributed by atoms with Gasteiger partial charge in [-0.05, 0) is 18.6 Å². The van der Waals surface area contributed by atoms with Gasteiger partial charge in [0.05, 0.1) is 7.11 Å². The van der Waals surface area contributed by atoms with Crippen molar-refractivity contribution < 1.29 is 17.9 Å². The molecule has 0 spiro atoms. The Morgan fingerprint density at radius 1 is 1.35 bits per heavy atom. The first kappa shape index (κ1) is 16.8. The van der Waals surface area contributed by atoms with E-state index in [0.717, 1.165) is 19.3 Å². The number of hydrogen-bond acceptors (Lipinski definition) is 4. The molecule has 1 aromatic carbocycles. The minimum absolute atomic E-state index is 0.103. The fourth-order valence-corrected chi connectivity index (χ4v) is 2.70. The lowest BCUT2D eigenvalue weighted by atomic mass is 10.2. The predicted molar refractivity (Wildman–Crippen MR) is 78.8 cm³/mol. The van der Waals surface area contributed by atoms with Crippen molar-refractivity contribution in [3.8, 4) is 5.75 Å². The summed E-state index contributed by atoms with van der Waals surface area (Å²) in [4.78, 5) is 11.6. The van der Waals surface area contributed by atoms with Crippen LogP contribution >= 0.6 is 10.7 Å². The molecule has 112 valence electrons. The third-order valence-corrected chi connectivity index (χ3v) is 4.08. The lowest BCUT2D eigenvalue weighted by Gasteiger charge is -2.09. The Labute approximate surface area is 123 Å². The molecular formula is C13H18ClNO4S. The van der Waals surface area contributed by atoms with E-state index in [0.29, 0.717) is 12.1 Å². The van der Waals surface area contributed by atoms with Crippen molar-refractivity contribution >= 4 is 31.3 Å². The molecule has 0 heterocycles. The first-order valence-electron chi connectivity index (χ1n) is 6.31. The Bertz CT molecular complexity index is 572. The van der Waals surface area contributed by atoms with Gasteiger partial charge in [0.2, 0.25) is 5.91 Å². The number of amides is 1. The van der Waals surface area contributed by atoms with E-state index in [1.165, 1.54) is 25.3 Å². The number of anilines is 1. The zero-order valence-corrected chi connectivity index (χ0v) is 13.1. The van der Waals surface area contributed by atoms with Gasteiger partial charge in [0.25, 0.3) is 9.05 Å². The molecule has 1 N–H and O–H groups in total. The van der Waals surface area contributed by atoms with Crippen molar-refractivity contribution in [2.75, 3.05) is 12.4 Å². The highest BCUT2D eigenvalue weighted by atomic mass is 35.7. The normalized spacial score (nSPS) is 11.2. The van der Waals surface area contributed by atoms with Gasteiger partial charge in [-0.3, -0.25) is 4.79 Å². The van der Waals surface area contributed by atoms with Gasteiger partial charge in [0.15, 0.2) is 0 Å². The molecule has 0 bridgehead atoms. The van der Waals surface area contributed by atoms with Gasteiger partial charge in [-0.2, -0.15) is 0 Å². The molecule has 7 heteroatoms. The number of hydrogen-bond donors (Lipinski definition) is 1. The van der Waals surface area contributed by atoms with Crippen LogP contribution in [-0.4, -0.2) is 21.4 Å². The topological polar surface area (TPSA) is 72.5 Å². The summed E-state index contributed by atoms with van der Waals surface area (Å²) in [5.41, 5.74) is 0.479. The van der Waals surface area contributed by atoms with E-state index in [1.54, 1.807) is 0 Å². The van der Waals surface area contributed by atoms with Crippen LogP contribution in [0, 0.1) is 0 Å². The van der Waals surface area contributed by atoms with Crippen LogP contribution in [0.5, 0.6) is 5.75 Å². The van der Waals surface area contributed by atoms with Crippen molar-refractivity contribution in [2.45, 2.75) is 37.5 Å². The summed E-state index contributed by atoms with van der Waals surface area (Å²) in [5.74, 6) is -0.00616. The second-order valence-corrected chi connectivity index (χ2v) is 6.84. The Balaban J connectivity index is 2.81. The van der Waals surface area contributed by atoms with E-state index in [-0.39, 0.29) is 16.6 Å². The van der Waals surface area contributed by atoms with Crippen molar-refractivity contribution in [1.82, 2.24) is 0 Å². The van der Waals surface area contributed by atoms with E-state index in [4.69, 9.17) is 15.4 Å². The van der Waals surface area contributed by atoms with Crippen LogP contribution in [0.3, 0.4) is 0 Å². The van der Waals surface area contributed by atoms with Gasteiger partial charge < -0.3 is 10.1 Å². The van der Waals surface area contributed by atoms with Crippen LogP contribution in [0.25, 0.3) is 0 Å². The summed E-state index contributed by atoms with van der Waals surface area (Å²) in [5, 5.41) is 2.70. The number of methoxy groups -OCH3 is 1. The average Bonchev–Trinajstić information content (AvgIpc) is 2.37. The zero-order chi connectivity index (χ0) is 15.2. The number of halogens is 1.